The molecule has 0 aliphatic rings. The van der Waals surface area contributed by atoms with Gasteiger partial charge in [-0.25, -0.2) is 0 Å². The second kappa shape index (κ2) is 10.1. The zero-order valence-electron chi connectivity index (χ0n) is 21.1. The molecule has 2 rings (SSSR count). The molecule has 0 saturated heterocycles. The first-order chi connectivity index (χ1) is 14.8. The van der Waals surface area contributed by atoms with Gasteiger partial charge >= 0.3 is 7.60 Å². The van der Waals surface area contributed by atoms with Gasteiger partial charge in [-0.15, -0.1) is 0 Å². The molecule has 0 saturated carbocycles. The molecular weight excluding hydrogens is 441 g/mol. The number of hydrogen-bond acceptors (Lipinski definition) is 6. The van der Waals surface area contributed by atoms with E-state index >= 15 is 0 Å². The van der Waals surface area contributed by atoms with Crippen molar-refractivity contribution in [2.24, 2.45) is 0 Å². The third-order valence-electron chi connectivity index (χ3n) is 6.32. The molecule has 1 aromatic heterocycles. The molecule has 0 N–H and O–H groups in total. The van der Waals surface area contributed by atoms with E-state index in [1.807, 2.05) is 38.1 Å². The summed E-state index contributed by atoms with van der Waals surface area (Å²) in [4.78, 5) is 4.38. The minimum Gasteiger partial charge on any atom is -0.541 e. The zero-order chi connectivity index (χ0) is 24.3. The second-order valence-electron chi connectivity index (χ2n) is 9.66. The van der Waals surface area contributed by atoms with Gasteiger partial charge in [-0.2, -0.15) is 0 Å². The van der Waals surface area contributed by atoms with Crippen molar-refractivity contribution in [2.75, 3.05) is 21.3 Å². The molecule has 2 aromatic rings. The van der Waals surface area contributed by atoms with Crippen LogP contribution in [0.5, 0.6) is 11.5 Å². The Hall–Kier alpha value is -1.66. The number of nitrogens with zero attached hydrogens (tertiary/aromatic N) is 1. The largest absolute Gasteiger partial charge is 0.541 e. The Bertz CT molecular complexity index is 962. The predicted octanol–water partition coefficient (Wildman–Crippen LogP) is 6.86. The molecule has 8 heteroatoms. The van der Waals surface area contributed by atoms with Crippen LogP contribution in [-0.4, -0.2) is 34.6 Å². The molecule has 0 aliphatic heterocycles. The summed E-state index contributed by atoms with van der Waals surface area (Å²) in [6, 6.07) is 7.83. The van der Waals surface area contributed by atoms with E-state index in [9.17, 15) is 4.57 Å². The molecule has 0 bridgehead atoms. The highest BCUT2D eigenvalue weighted by Crippen LogP contribution is 2.61. The Morgan fingerprint density at radius 2 is 1.69 bits per heavy atom. The van der Waals surface area contributed by atoms with Gasteiger partial charge in [-0.1, -0.05) is 32.9 Å². The predicted molar refractivity (Wildman–Crippen MR) is 133 cm³/mol. The van der Waals surface area contributed by atoms with Crippen molar-refractivity contribution in [3.8, 4) is 11.5 Å². The van der Waals surface area contributed by atoms with Gasteiger partial charge in [0.2, 0.25) is 0 Å². The number of rotatable bonds is 9. The monoisotopic (exact) mass is 479 g/mol. The third-order valence-corrected chi connectivity index (χ3v) is 12.9. The van der Waals surface area contributed by atoms with Crippen LogP contribution >= 0.6 is 7.60 Å². The van der Waals surface area contributed by atoms with E-state index in [1.165, 1.54) is 14.2 Å². The summed E-state index contributed by atoms with van der Waals surface area (Å²) in [6.45, 7) is 14.9. The van der Waals surface area contributed by atoms with Crippen molar-refractivity contribution >= 4 is 15.9 Å². The van der Waals surface area contributed by atoms with E-state index in [0.717, 1.165) is 28.1 Å². The summed E-state index contributed by atoms with van der Waals surface area (Å²) in [6.07, 6.45) is 2.26. The van der Waals surface area contributed by atoms with Gasteiger partial charge in [0.1, 0.15) is 5.75 Å². The van der Waals surface area contributed by atoms with Crippen molar-refractivity contribution in [3.05, 3.63) is 52.8 Å². The van der Waals surface area contributed by atoms with E-state index in [2.05, 4.69) is 38.8 Å². The Balaban J connectivity index is 2.58. The molecule has 1 heterocycles. The number of aromatic nitrogens is 1. The average molecular weight is 480 g/mol. The van der Waals surface area contributed by atoms with Crippen LogP contribution in [0.4, 0.5) is 0 Å². The maximum Gasteiger partial charge on any atom is 0.337 e. The van der Waals surface area contributed by atoms with Gasteiger partial charge < -0.3 is 18.2 Å². The smallest absolute Gasteiger partial charge is 0.337 e. The molecule has 0 spiro atoms. The maximum absolute atomic E-state index is 13.5. The third kappa shape index (κ3) is 5.82. The standard InChI is InChI=1S/C24H38NO5PSi/c1-17-13-20(15-21(27-6)23(17)30-32(9,10)24(3,4)5)22(31(26,28-7)29-8)14-19-12-11-18(2)25-16-19/h11-13,15-16,22H,14H2,1-10H3. The Labute approximate surface area is 194 Å². The number of pyridine rings is 1. The van der Waals surface area contributed by atoms with E-state index < -0.39 is 21.6 Å². The average Bonchev–Trinajstić information content (AvgIpc) is 2.73. The summed E-state index contributed by atoms with van der Waals surface area (Å²) >= 11 is 0. The minimum atomic E-state index is -3.44. The lowest BCUT2D eigenvalue weighted by atomic mass is 10.0. The number of hydrogen-bond donors (Lipinski definition) is 0. The van der Waals surface area contributed by atoms with Crippen molar-refractivity contribution in [3.63, 3.8) is 0 Å². The second-order valence-corrected chi connectivity index (χ2v) is 16.8. The van der Waals surface area contributed by atoms with Crippen LogP contribution in [0.3, 0.4) is 0 Å². The van der Waals surface area contributed by atoms with Crippen LogP contribution in [-0.2, 0) is 20.0 Å². The fourth-order valence-electron chi connectivity index (χ4n) is 3.24. The number of benzene rings is 1. The summed E-state index contributed by atoms with van der Waals surface area (Å²) in [5.41, 5.74) is 3.10. The highest BCUT2D eigenvalue weighted by molar-refractivity contribution is 7.54. The molecular formula is C24H38NO5PSi. The fourth-order valence-corrected chi connectivity index (χ4v) is 5.92. The lowest BCUT2D eigenvalue weighted by Crippen LogP contribution is -2.44. The Morgan fingerprint density at radius 1 is 1.06 bits per heavy atom. The maximum atomic E-state index is 13.5. The van der Waals surface area contributed by atoms with Crippen LogP contribution in [0.15, 0.2) is 30.5 Å². The molecule has 1 aromatic carbocycles. The number of ether oxygens (including phenoxy) is 1. The first-order valence-corrected chi connectivity index (χ1v) is 15.3. The summed E-state index contributed by atoms with van der Waals surface area (Å²) in [5.74, 6) is 1.36. The molecule has 178 valence electrons. The number of methoxy groups -OCH3 is 1. The van der Waals surface area contributed by atoms with Crippen molar-refractivity contribution in [1.29, 1.82) is 0 Å². The quantitative estimate of drug-likeness (QED) is 0.289. The van der Waals surface area contributed by atoms with Gasteiger partial charge in [-0.3, -0.25) is 9.55 Å². The van der Waals surface area contributed by atoms with Crippen molar-refractivity contribution in [1.82, 2.24) is 4.98 Å². The highest BCUT2D eigenvalue weighted by atomic mass is 31.2. The van der Waals surface area contributed by atoms with Gasteiger partial charge in [0.15, 0.2) is 5.75 Å². The van der Waals surface area contributed by atoms with Crippen LogP contribution in [0.2, 0.25) is 18.1 Å². The van der Waals surface area contributed by atoms with Crippen LogP contribution in [0.25, 0.3) is 0 Å². The Morgan fingerprint density at radius 3 is 2.16 bits per heavy atom. The summed E-state index contributed by atoms with van der Waals surface area (Å²) in [5, 5.41) is 0.0475. The molecule has 0 fully saturated rings. The van der Waals surface area contributed by atoms with E-state index in [-0.39, 0.29) is 5.04 Å². The van der Waals surface area contributed by atoms with Crippen molar-refractivity contribution < 1.29 is 22.8 Å². The van der Waals surface area contributed by atoms with E-state index in [0.29, 0.717) is 12.2 Å². The lowest BCUT2D eigenvalue weighted by molar-refractivity contribution is 0.265. The molecule has 6 nitrogen and oxygen atoms in total. The summed E-state index contributed by atoms with van der Waals surface area (Å²) < 4.78 is 36.7. The van der Waals surface area contributed by atoms with Gasteiger partial charge in [-0.05, 0) is 67.2 Å². The topological polar surface area (TPSA) is 66.9 Å². The van der Waals surface area contributed by atoms with Crippen LogP contribution < -0.4 is 9.16 Å². The van der Waals surface area contributed by atoms with Crippen LogP contribution in [0.1, 0.15) is 48.8 Å². The van der Waals surface area contributed by atoms with Crippen LogP contribution in [0, 0.1) is 13.8 Å². The molecule has 1 unspecified atom stereocenters. The van der Waals surface area contributed by atoms with E-state index in [1.54, 1.807) is 13.3 Å². The van der Waals surface area contributed by atoms with Gasteiger partial charge in [0, 0.05) is 26.1 Å². The van der Waals surface area contributed by atoms with Crippen molar-refractivity contribution in [2.45, 2.75) is 64.8 Å². The minimum absolute atomic E-state index is 0.0475. The normalized spacial score (nSPS) is 13.7. The van der Waals surface area contributed by atoms with E-state index in [4.69, 9.17) is 18.2 Å². The highest BCUT2D eigenvalue weighted by Gasteiger charge is 2.41. The number of aryl methyl sites for hydroxylation is 2. The molecule has 0 radical (unpaired) electrons. The Kier molecular flexibility index (Phi) is 8.38. The van der Waals surface area contributed by atoms with Gasteiger partial charge in [0.05, 0.1) is 12.8 Å². The molecule has 0 aliphatic carbocycles. The summed E-state index contributed by atoms with van der Waals surface area (Å²) in [7, 11) is -1.05. The SMILES string of the molecule is COc1cc(C(Cc2ccc(C)nc2)P(=O)(OC)OC)cc(C)c1O[Si](C)(C)C(C)(C)C. The fraction of sp³-hybridized carbons (Fsp3) is 0.542. The van der Waals surface area contributed by atoms with Gasteiger partial charge in [0.25, 0.3) is 8.32 Å². The first kappa shape index (κ1) is 26.6. The zero-order valence-corrected chi connectivity index (χ0v) is 23.0. The molecule has 1 atom stereocenters. The lowest BCUT2D eigenvalue weighted by Gasteiger charge is -2.37. The molecule has 0 amide bonds. The first-order valence-electron chi connectivity index (χ1n) is 10.8. The molecule has 32 heavy (non-hydrogen) atoms.